The predicted molar refractivity (Wildman–Crippen MR) is 74.1 cm³/mol. The van der Waals surface area contributed by atoms with Gasteiger partial charge in [0.2, 0.25) is 5.89 Å². The zero-order valence-corrected chi connectivity index (χ0v) is 11.7. The first-order valence-electron chi connectivity index (χ1n) is 6.69. The summed E-state index contributed by atoms with van der Waals surface area (Å²) in [5.74, 6) is 1.24. The van der Waals surface area contributed by atoms with Crippen molar-refractivity contribution in [1.82, 2.24) is 15.1 Å². The first-order chi connectivity index (χ1) is 9.17. The quantitative estimate of drug-likeness (QED) is 0.865. The van der Waals surface area contributed by atoms with Crippen LogP contribution in [0.5, 0.6) is 0 Å². The Kier molecular flexibility index (Phi) is 4.49. The number of anilines is 1. The van der Waals surface area contributed by atoms with Crippen LogP contribution in [0.25, 0.3) is 0 Å². The van der Waals surface area contributed by atoms with E-state index >= 15 is 0 Å². The fraction of sp³-hybridized carbons (Fsp3) is 0.500. The smallest absolute Gasteiger partial charge is 0.263 e. The van der Waals surface area contributed by atoms with Gasteiger partial charge in [-0.05, 0) is 37.6 Å². The average Bonchev–Trinajstić information content (AvgIpc) is 2.77. The molecule has 1 N–H and O–H groups in total. The van der Waals surface area contributed by atoms with Crippen LogP contribution in [0.1, 0.15) is 37.5 Å². The molecule has 0 bridgehead atoms. The lowest BCUT2D eigenvalue weighted by molar-refractivity contribution is 0.377. The first kappa shape index (κ1) is 13.5. The van der Waals surface area contributed by atoms with Gasteiger partial charge in [-0.3, -0.25) is 4.98 Å². The second-order valence-electron chi connectivity index (χ2n) is 4.78. The third kappa shape index (κ3) is 4.05. The third-order valence-electron chi connectivity index (χ3n) is 2.77. The molecule has 0 saturated heterocycles. The highest BCUT2D eigenvalue weighted by Gasteiger charge is 2.09. The van der Waals surface area contributed by atoms with Crippen LogP contribution in [0, 0.1) is 6.92 Å². The summed E-state index contributed by atoms with van der Waals surface area (Å²) in [4.78, 5) is 8.78. The number of nitrogens with zero attached hydrogens (tertiary/aromatic N) is 3. The summed E-state index contributed by atoms with van der Waals surface area (Å²) in [5, 5.41) is 7.15. The molecule has 0 spiro atoms. The zero-order valence-electron chi connectivity index (χ0n) is 11.7. The minimum absolute atomic E-state index is 0.210. The van der Waals surface area contributed by atoms with Gasteiger partial charge in [0, 0.05) is 30.3 Å². The largest absolute Gasteiger partial charge is 0.349 e. The summed E-state index contributed by atoms with van der Waals surface area (Å²) >= 11 is 0. The second-order valence-corrected chi connectivity index (χ2v) is 4.78. The van der Waals surface area contributed by atoms with Crippen molar-refractivity contribution in [2.24, 2.45) is 0 Å². The standard InChI is InChI=1S/C14H20N4O/c1-4-6-13-17-14(18-19-13)16-11(3)9-12-8-5-7-10(2)15-12/h5,7-8,11H,4,6,9H2,1-3H3,(H,16,18)/t11-/m1/s1. The highest BCUT2D eigenvalue weighted by molar-refractivity contribution is 5.24. The molecule has 2 aromatic rings. The predicted octanol–water partition coefficient (Wildman–Crippen LogP) is 2.77. The molecule has 0 aliphatic rings. The number of pyridine rings is 1. The van der Waals surface area contributed by atoms with Gasteiger partial charge in [-0.1, -0.05) is 13.0 Å². The monoisotopic (exact) mass is 260 g/mol. The van der Waals surface area contributed by atoms with E-state index in [2.05, 4.69) is 34.3 Å². The molecule has 102 valence electrons. The molecule has 5 nitrogen and oxygen atoms in total. The molecule has 0 aliphatic heterocycles. The maximum absolute atomic E-state index is 5.14. The van der Waals surface area contributed by atoms with Crippen LogP contribution in [-0.2, 0) is 12.8 Å². The van der Waals surface area contributed by atoms with Gasteiger partial charge in [0.1, 0.15) is 0 Å². The third-order valence-corrected chi connectivity index (χ3v) is 2.77. The minimum Gasteiger partial charge on any atom is -0.349 e. The van der Waals surface area contributed by atoms with Crippen molar-refractivity contribution >= 4 is 5.95 Å². The van der Waals surface area contributed by atoms with Crippen molar-refractivity contribution < 1.29 is 4.52 Å². The molecule has 2 aromatic heterocycles. The molecular weight excluding hydrogens is 240 g/mol. The van der Waals surface area contributed by atoms with Gasteiger partial charge in [0.25, 0.3) is 5.95 Å². The normalized spacial score (nSPS) is 12.4. The molecule has 19 heavy (non-hydrogen) atoms. The van der Waals surface area contributed by atoms with Gasteiger partial charge in [0.15, 0.2) is 0 Å². The van der Waals surface area contributed by atoms with Crippen LogP contribution in [0.15, 0.2) is 22.7 Å². The number of nitrogens with one attached hydrogen (secondary N) is 1. The Balaban J connectivity index is 1.91. The van der Waals surface area contributed by atoms with E-state index in [-0.39, 0.29) is 6.04 Å². The molecule has 5 heteroatoms. The Bertz CT molecular complexity index is 524. The fourth-order valence-electron chi connectivity index (χ4n) is 1.93. The van der Waals surface area contributed by atoms with Gasteiger partial charge in [-0.2, -0.15) is 4.98 Å². The first-order valence-corrected chi connectivity index (χ1v) is 6.69. The maximum Gasteiger partial charge on any atom is 0.263 e. The Morgan fingerprint density at radius 3 is 2.89 bits per heavy atom. The SMILES string of the molecule is CCCc1nc(N[C@H](C)Cc2cccc(C)n2)no1. The Hall–Kier alpha value is -1.91. The number of aromatic nitrogens is 3. The number of hydrogen-bond acceptors (Lipinski definition) is 5. The lowest BCUT2D eigenvalue weighted by atomic mass is 10.1. The van der Waals surface area contributed by atoms with Crippen LogP contribution < -0.4 is 5.32 Å². The van der Waals surface area contributed by atoms with Crippen molar-refractivity contribution in [3.05, 3.63) is 35.5 Å². The molecule has 0 saturated carbocycles. The van der Waals surface area contributed by atoms with Crippen molar-refractivity contribution in [2.75, 3.05) is 5.32 Å². The van der Waals surface area contributed by atoms with Gasteiger partial charge >= 0.3 is 0 Å². The Morgan fingerprint density at radius 1 is 1.32 bits per heavy atom. The van der Waals surface area contributed by atoms with E-state index in [1.807, 2.05) is 25.1 Å². The zero-order chi connectivity index (χ0) is 13.7. The van der Waals surface area contributed by atoms with E-state index in [1.54, 1.807) is 0 Å². The van der Waals surface area contributed by atoms with Crippen LogP contribution in [0.4, 0.5) is 5.95 Å². The highest BCUT2D eigenvalue weighted by atomic mass is 16.5. The molecule has 2 heterocycles. The van der Waals surface area contributed by atoms with Crippen molar-refractivity contribution in [3.63, 3.8) is 0 Å². The lowest BCUT2D eigenvalue weighted by Crippen LogP contribution is -2.19. The number of hydrogen-bond donors (Lipinski definition) is 1. The Morgan fingerprint density at radius 2 is 2.16 bits per heavy atom. The van der Waals surface area contributed by atoms with Gasteiger partial charge < -0.3 is 9.84 Å². The summed E-state index contributed by atoms with van der Waals surface area (Å²) in [6.45, 7) is 6.17. The average molecular weight is 260 g/mol. The fourth-order valence-corrected chi connectivity index (χ4v) is 1.93. The van der Waals surface area contributed by atoms with E-state index < -0.39 is 0 Å². The molecule has 0 amide bonds. The molecule has 2 rings (SSSR count). The molecule has 0 radical (unpaired) electrons. The van der Waals surface area contributed by atoms with Crippen molar-refractivity contribution in [2.45, 2.75) is 46.1 Å². The van der Waals surface area contributed by atoms with Crippen LogP contribution in [-0.4, -0.2) is 21.2 Å². The second kappa shape index (κ2) is 6.31. The highest BCUT2D eigenvalue weighted by Crippen LogP contribution is 2.09. The van der Waals surface area contributed by atoms with E-state index in [4.69, 9.17) is 4.52 Å². The lowest BCUT2D eigenvalue weighted by Gasteiger charge is -2.11. The topological polar surface area (TPSA) is 63.8 Å². The van der Waals surface area contributed by atoms with Crippen LogP contribution in [0.3, 0.4) is 0 Å². The summed E-state index contributed by atoms with van der Waals surface area (Å²) in [6.07, 6.45) is 2.66. The maximum atomic E-state index is 5.14. The van der Waals surface area contributed by atoms with Gasteiger partial charge in [-0.15, -0.1) is 0 Å². The minimum atomic E-state index is 0.210. The molecular formula is C14H20N4O. The molecule has 1 atom stereocenters. The van der Waals surface area contributed by atoms with Crippen molar-refractivity contribution in [1.29, 1.82) is 0 Å². The summed E-state index contributed by atoms with van der Waals surface area (Å²) < 4.78 is 5.14. The molecule has 0 unspecified atom stereocenters. The number of rotatable bonds is 6. The molecule has 0 aromatic carbocycles. The molecule has 0 aliphatic carbocycles. The van der Waals surface area contributed by atoms with Crippen LogP contribution in [0.2, 0.25) is 0 Å². The van der Waals surface area contributed by atoms with E-state index in [1.165, 1.54) is 0 Å². The summed E-state index contributed by atoms with van der Waals surface area (Å²) in [5.41, 5.74) is 2.10. The number of aryl methyl sites for hydroxylation is 2. The van der Waals surface area contributed by atoms with E-state index in [0.717, 1.165) is 30.7 Å². The van der Waals surface area contributed by atoms with Gasteiger partial charge in [-0.25, -0.2) is 0 Å². The van der Waals surface area contributed by atoms with Crippen molar-refractivity contribution in [3.8, 4) is 0 Å². The van der Waals surface area contributed by atoms with E-state index in [9.17, 15) is 0 Å². The summed E-state index contributed by atoms with van der Waals surface area (Å²) in [6, 6.07) is 6.26. The molecule has 0 fully saturated rings. The van der Waals surface area contributed by atoms with E-state index in [0.29, 0.717) is 11.8 Å². The van der Waals surface area contributed by atoms with Gasteiger partial charge in [0.05, 0.1) is 0 Å². The Labute approximate surface area is 113 Å². The summed E-state index contributed by atoms with van der Waals surface area (Å²) in [7, 11) is 0. The van der Waals surface area contributed by atoms with Crippen LogP contribution >= 0.6 is 0 Å².